The summed E-state index contributed by atoms with van der Waals surface area (Å²) in [4.78, 5) is 23.7. The smallest absolute Gasteiger partial charge is 0.408 e. The average Bonchev–Trinajstić information content (AvgIpc) is 2.24. The van der Waals surface area contributed by atoms with Crippen LogP contribution < -0.4 is 5.32 Å². The second-order valence-corrected chi connectivity index (χ2v) is 7.93. The summed E-state index contributed by atoms with van der Waals surface area (Å²) < 4.78 is 5.39. The summed E-state index contributed by atoms with van der Waals surface area (Å²) in [5.74, 6) is 0.462. The van der Waals surface area contributed by atoms with Crippen LogP contribution in [-0.4, -0.2) is 23.5 Å². The van der Waals surface area contributed by atoms with E-state index in [-0.39, 0.29) is 17.0 Å². The van der Waals surface area contributed by atoms with Gasteiger partial charge in [-0.25, -0.2) is 4.79 Å². The largest absolute Gasteiger partial charge is 0.444 e. The minimum atomic E-state index is -0.489. The van der Waals surface area contributed by atoms with E-state index in [2.05, 4.69) is 12.2 Å². The summed E-state index contributed by atoms with van der Waals surface area (Å²) >= 11 is 0. The van der Waals surface area contributed by atoms with Gasteiger partial charge in [-0.3, -0.25) is 0 Å². The third-order valence-electron chi connectivity index (χ3n) is 4.53. The lowest BCUT2D eigenvalue weighted by molar-refractivity contribution is -0.124. The van der Waals surface area contributed by atoms with Gasteiger partial charge < -0.3 is 14.8 Å². The highest BCUT2D eigenvalue weighted by molar-refractivity contribution is 5.69. The minimum Gasteiger partial charge on any atom is -0.444 e. The molecule has 2 bridgehead atoms. The lowest BCUT2D eigenvalue weighted by atomic mass is 9.56. The Kier molecular flexibility index (Phi) is 3.87. The van der Waals surface area contributed by atoms with Gasteiger partial charge in [-0.1, -0.05) is 13.3 Å². The van der Waals surface area contributed by atoms with E-state index in [1.807, 2.05) is 20.8 Å². The monoisotopic (exact) mass is 281 g/mol. The molecule has 0 aromatic heterocycles. The summed E-state index contributed by atoms with van der Waals surface area (Å²) in [6.07, 6.45) is 6.36. The van der Waals surface area contributed by atoms with Gasteiger partial charge in [0.05, 0.1) is 0 Å². The molecule has 0 aromatic rings. The van der Waals surface area contributed by atoms with Gasteiger partial charge in [-0.15, -0.1) is 0 Å². The molecule has 0 aromatic carbocycles. The first-order valence-corrected chi connectivity index (χ1v) is 7.65. The highest BCUT2D eigenvalue weighted by Crippen LogP contribution is 2.51. The van der Waals surface area contributed by atoms with Gasteiger partial charge in [-0.05, 0) is 58.8 Å². The van der Waals surface area contributed by atoms with Crippen LogP contribution >= 0.6 is 0 Å². The molecular formula is C16H27NO3. The first-order chi connectivity index (χ1) is 9.18. The molecule has 4 nitrogen and oxygen atoms in total. The number of aldehydes is 1. The summed E-state index contributed by atoms with van der Waals surface area (Å²) in [6.45, 7) is 7.77. The third-order valence-corrected chi connectivity index (χ3v) is 4.53. The average molecular weight is 281 g/mol. The fourth-order valence-corrected chi connectivity index (χ4v) is 4.24. The van der Waals surface area contributed by atoms with Gasteiger partial charge in [0, 0.05) is 11.0 Å². The molecule has 0 aliphatic heterocycles. The van der Waals surface area contributed by atoms with E-state index < -0.39 is 5.60 Å². The molecule has 3 unspecified atom stereocenters. The number of alkyl carbamates (subject to hydrolysis) is 1. The van der Waals surface area contributed by atoms with E-state index in [4.69, 9.17) is 4.74 Å². The maximum absolute atomic E-state index is 12.1. The first kappa shape index (κ1) is 15.3. The molecule has 2 fully saturated rings. The van der Waals surface area contributed by atoms with Crippen LogP contribution in [0.25, 0.3) is 0 Å². The Labute approximate surface area is 121 Å². The Balaban J connectivity index is 2.12. The number of rotatable bonds is 2. The molecule has 1 amide bonds. The molecule has 2 rings (SSSR count). The second kappa shape index (κ2) is 5.05. The van der Waals surface area contributed by atoms with Crippen molar-refractivity contribution in [3.05, 3.63) is 0 Å². The highest BCUT2D eigenvalue weighted by atomic mass is 16.6. The zero-order valence-electron chi connectivity index (χ0n) is 13.1. The Morgan fingerprint density at radius 1 is 1.30 bits per heavy atom. The summed E-state index contributed by atoms with van der Waals surface area (Å²) in [6, 6.07) is 0. The quantitative estimate of drug-likeness (QED) is 0.789. The Hall–Kier alpha value is -1.06. The van der Waals surface area contributed by atoms with Crippen molar-refractivity contribution in [1.82, 2.24) is 5.32 Å². The number of hydrogen-bond acceptors (Lipinski definition) is 3. The normalized spacial score (nSPS) is 37.1. The van der Waals surface area contributed by atoms with Crippen LogP contribution in [0.4, 0.5) is 4.79 Å². The second-order valence-electron chi connectivity index (χ2n) is 7.93. The summed E-state index contributed by atoms with van der Waals surface area (Å²) in [5.41, 5.74) is -0.971. The van der Waals surface area contributed by atoms with Crippen molar-refractivity contribution in [3.63, 3.8) is 0 Å². The van der Waals surface area contributed by atoms with Crippen LogP contribution in [-0.2, 0) is 9.53 Å². The van der Waals surface area contributed by atoms with Crippen molar-refractivity contribution in [2.24, 2.45) is 11.3 Å². The lowest BCUT2D eigenvalue weighted by Crippen LogP contribution is -2.59. The van der Waals surface area contributed by atoms with Crippen molar-refractivity contribution >= 4 is 12.4 Å². The molecule has 20 heavy (non-hydrogen) atoms. The van der Waals surface area contributed by atoms with E-state index in [1.165, 1.54) is 0 Å². The first-order valence-electron chi connectivity index (χ1n) is 7.65. The van der Waals surface area contributed by atoms with E-state index in [9.17, 15) is 9.59 Å². The van der Waals surface area contributed by atoms with Gasteiger partial charge >= 0.3 is 6.09 Å². The molecule has 0 radical (unpaired) electrons. The SMILES string of the molecule is CC1CC2(C=O)CCCC(NC(=O)OC(C)(C)C)(C1)C2. The van der Waals surface area contributed by atoms with Gasteiger partial charge in [0.1, 0.15) is 11.9 Å². The van der Waals surface area contributed by atoms with Gasteiger partial charge in [0.15, 0.2) is 0 Å². The van der Waals surface area contributed by atoms with Crippen LogP contribution in [0.5, 0.6) is 0 Å². The van der Waals surface area contributed by atoms with Crippen molar-refractivity contribution in [3.8, 4) is 0 Å². The van der Waals surface area contributed by atoms with E-state index in [0.29, 0.717) is 5.92 Å². The van der Waals surface area contributed by atoms with E-state index >= 15 is 0 Å². The number of nitrogens with one attached hydrogen (secondary N) is 1. The number of carbonyl (C=O) groups is 2. The molecule has 0 spiro atoms. The molecular weight excluding hydrogens is 254 g/mol. The lowest BCUT2D eigenvalue weighted by Gasteiger charge is -2.52. The molecule has 1 N–H and O–H groups in total. The predicted molar refractivity (Wildman–Crippen MR) is 77.5 cm³/mol. The van der Waals surface area contributed by atoms with Gasteiger partial charge in [0.2, 0.25) is 0 Å². The van der Waals surface area contributed by atoms with Crippen molar-refractivity contribution in [2.45, 2.75) is 77.4 Å². The van der Waals surface area contributed by atoms with Crippen LogP contribution in [0.15, 0.2) is 0 Å². The molecule has 2 aliphatic rings. The summed E-state index contributed by atoms with van der Waals surface area (Å²) in [5, 5.41) is 3.09. The fraction of sp³-hybridized carbons (Fsp3) is 0.875. The van der Waals surface area contributed by atoms with Crippen LogP contribution in [0.2, 0.25) is 0 Å². The Morgan fingerprint density at radius 3 is 2.60 bits per heavy atom. The van der Waals surface area contributed by atoms with Gasteiger partial charge in [0.25, 0.3) is 0 Å². The molecule has 3 atom stereocenters. The van der Waals surface area contributed by atoms with Crippen molar-refractivity contribution in [2.75, 3.05) is 0 Å². The standard InChI is InChI=1S/C16H27NO3/c1-12-8-15(11-18)6-5-7-16(9-12,10-15)17-13(19)20-14(2,3)4/h11-12H,5-10H2,1-4H3,(H,17,19). The molecule has 4 heteroatoms. The number of hydrogen-bond donors (Lipinski definition) is 1. The zero-order valence-corrected chi connectivity index (χ0v) is 13.1. The fourth-order valence-electron chi connectivity index (χ4n) is 4.24. The van der Waals surface area contributed by atoms with E-state index in [0.717, 1.165) is 44.8 Å². The molecule has 0 heterocycles. The predicted octanol–water partition coefficient (Wildman–Crippen LogP) is 3.44. The van der Waals surface area contributed by atoms with Gasteiger partial charge in [-0.2, -0.15) is 0 Å². The molecule has 0 saturated heterocycles. The molecule has 2 aliphatic carbocycles. The zero-order chi connectivity index (χ0) is 15.0. The highest BCUT2D eigenvalue weighted by Gasteiger charge is 2.51. The topological polar surface area (TPSA) is 55.4 Å². The van der Waals surface area contributed by atoms with Crippen LogP contribution in [0, 0.1) is 11.3 Å². The number of fused-ring (bicyclic) bond motifs is 2. The number of carbonyl (C=O) groups excluding carboxylic acids is 2. The number of amides is 1. The Bertz CT molecular complexity index is 401. The minimum absolute atomic E-state index is 0.231. The van der Waals surface area contributed by atoms with Crippen molar-refractivity contribution < 1.29 is 14.3 Å². The van der Waals surface area contributed by atoms with E-state index in [1.54, 1.807) is 0 Å². The molecule has 114 valence electrons. The molecule has 2 saturated carbocycles. The van der Waals surface area contributed by atoms with Crippen molar-refractivity contribution in [1.29, 1.82) is 0 Å². The summed E-state index contributed by atoms with van der Waals surface area (Å²) in [7, 11) is 0. The maximum Gasteiger partial charge on any atom is 0.408 e. The van der Waals surface area contributed by atoms with Crippen LogP contribution in [0.3, 0.4) is 0 Å². The van der Waals surface area contributed by atoms with Crippen LogP contribution in [0.1, 0.15) is 66.2 Å². The number of ether oxygens (including phenoxy) is 1. The third kappa shape index (κ3) is 3.33. The Morgan fingerprint density at radius 2 is 2.00 bits per heavy atom. The maximum atomic E-state index is 12.1.